The van der Waals surface area contributed by atoms with Crippen LogP contribution in [0.2, 0.25) is 0 Å². The van der Waals surface area contributed by atoms with Gasteiger partial charge in [-0.2, -0.15) is 0 Å². The number of nitrogens with one attached hydrogen (secondary N) is 4. The summed E-state index contributed by atoms with van der Waals surface area (Å²) < 4.78 is 29.1. The van der Waals surface area contributed by atoms with Crippen LogP contribution in [0.4, 0.5) is 0 Å². The zero-order valence-corrected chi connectivity index (χ0v) is 25.7. The van der Waals surface area contributed by atoms with E-state index in [1.807, 2.05) is 18.2 Å². The van der Waals surface area contributed by atoms with Crippen molar-refractivity contribution in [2.24, 2.45) is 11.7 Å². The van der Waals surface area contributed by atoms with Crippen LogP contribution in [0.15, 0.2) is 79.1 Å². The normalized spacial score (nSPS) is 15.2. The molecule has 234 valence electrons. The largest absolute Gasteiger partial charge is 0.384 e. The van der Waals surface area contributed by atoms with Crippen LogP contribution in [0.25, 0.3) is 0 Å². The number of nitrogen functional groups attached to an aromatic ring is 1. The van der Waals surface area contributed by atoms with Crippen molar-refractivity contribution in [3.05, 3.63) is 101 Å². The van der Waals surface area contributed by atoms with E-state index in [9.17, 15) is 18.0 Å². The van der Waals surface area contributed by atoms with Gasteiger partial charge in [0.1, 0.15) is 17.9 Å². The molecule has 4 rings (SSSR count). The molecule has 1 heterocycles. The molecule has 6 N–H and O–H groups in total. The Balaban J connectivity index is 1.48. The number of benzene rings is 2. The van der Waals surface area contributed by atoms with Gasteiger partial charge in [-0.05, 0) is 54.0 Å². The lowest BCUT2D eigenvalue weighted by Crippen LogP contribution is -2.54. The van der Waals surface area contributed by atoms with Crippen molar-refractivity contribution in [2.45, 2.75) is 75.7 Å². The maximum Gasteiger partial charge on any atom is 0.242 e. The Kier molecular flexibility index (Phi) is 12.0. The molecule has 11 heteroatoms. The molecule has 0 aliphatic heterocycles. The molecule has 1 aromatic heterocycles. The van der Waals surface area contributed by atoms with Crippen LogP contribution in [-0.2, 0) is 38.3 Å². The molecule has 0 radical (unpaired) electrons. The van der Waals surface area contributed by atoms with Crippen molar-refractivity contribution >= 4 is 27.7 Å². The van der Waals surface area contributed by atoms with Gasteiger partial charge in [0.25, 0.3) is 0 Å². The van der Waals surface area contributed by atoms with Gasteiger partial charge >= 0.3 is 0 Å². The average Bonchev–Trinajstić information content (AvgIpc) is 3.02. The Bertz CT molecular complexity index is 1480. The summed E-state index contributed by atoms with van der Waals surface area (Å²) in [6, 6.07) is 17.7. The van der Waals surface area contributed by atoms with Gasteiger partial charge in [0, 0.05) is 24.5 Å². The Labute approximate surface area is 259 Å². The Morgan fingerprint density at radius 2 is 1.55 bits per heavy atom. The van der Waals surface area contributed by atoms with E-state index in [0.717, 1.165) is 43.2 Å². The van der Waals surface area contributed by atoms with E-state index in [2.05, 4.69) is 20.3 Å². The van der Waals surface area contributed by atoms with Gasteiger partial charge < -0.3 is 16.4 Å². The highest BCUT2D eigenvalue weighted by atomic mass is 32.2. The number of amides is 2. The Morgan fingerprint density at radius 1 is 0.864 bits per heavy atom. The molecule has 1 aliphatic carbocycles. The fraction of sp³-hybridized carbons (Fsp3) is 0.394. The van der Waals surface area contributed by atoms with E-state index in [1.165, 1.54) is 0 Å². The van der Waals surface area contributed by atoms with E-state index in [-0.39, 0.29) is 30.0 Å². The van der Waals surface area contributed by atoms with Crippen molar-refractivity contribution in [1.82, 2.24) is 20.3 Å². The van der Waals surface area contributed by atoms with Gasteiger partial charge in [-0.1, -0.05) is 86.7 Å². The van der Waals surface area contributed by atoms with Crippen molar-refractivity contribution in [1.29, 1.82) is 5.41 Å². The number of sulfonamides is 1. The quantitative estimate of drug-likeness (QED) is 0.129. The summed E-state index contributed by atoms with van der Waals surface area (Å²) in [7, 11) is -3.84. The molecule has 0 spiro atoms. The molecular formula is C33H42N6O4S. The molecule has 2 aromatic carbocycles. The molecule has 44 heavy (non-hydrogen) atoms. The first-order valence-corrected chi connectivity index (χ1v) is 16.8. The van der Waals surface area contributed by atoms with Gasteiger partial charge in [0.15, 0.2) is 0 Å². The first-order valence-electron chi connectivity index (χ1n) is 15.1. The number of hydrogen-bond acceptors (Lipinski definition) is 6. The minimum absolute atomic E-state index is 0.0401. The molecule has 3 aromatic rings. The predicted octanol–water partition coefficient (Wildman–Crippen LogP) is 3.56. The van der Waals surface area contributed by atoms with Crippen LogP contribution in [-0.4, -0.2) is 43.1 Å². The fourth-order valence-electron chi connectivity index (χ4n) is 5.53. The lowest BCUT2D eigenvalue weighted by atomic mass is 9.85. The second kappa shape index (κ2) is 16.1. The summed E-state index contributed by atoms with van der Waals surface area (Å²) in [6.07, 6.45) is 9.70. The third-order valence-corrected chi connectivity index (χ3v) is 9.32. The minimum atomic E-state index is -3.84. The number of nitrogens with two attached hydrogens (primary N) is 1. The van der Waals surface area contributed by atoms with Gasteiger partial charge in [-0.3, -0.25) is 20.0 Å². The molecule has 2 unspecified atom stereocenters. The second-order valence-corrected chi connectivity index (χ2v) is 13.2. The first-order chi connectivity index (χ1) is 21.2. The molecule has 1 fully saturated rings. The third-order valence-electron chi connectivity index (χ3n) is 7.97. The summed E-state index contributed by atoms with van der Waals surface area (Å²) in [6.45, 7) is 0.216. The van der Waals surface area contributed by atoms with E-state index >= 15 is 0 Å². The molecule has 10 nitrogen and oxygen atoms in total. The molecular weight excluding hydrogens is 576 g/mol. The van der Waals surface area contributed by atoms with Crippen LogP contribution in [0.1, 0.15) is 67.2 Å². The highest BCUT2D eigenvalue weighted by Crippen LogP contribution is 2.28. The lowest BCUT2D eigenvalue weighted by Gasteiger charge is -2.28. The van der Waals surface area contributed by atoms with Gasteiger partial charge in [0.2, 0.25) is 21.8 Å². The highest BCUT2D eigenvalue weighted by Gasteiger charge is 2.31. The number of nitrogens with zero attached hydrogens (tertiary/aromatic N) is 1. The fourth-order valence-corrected chi connectivity index (χ4v) is 6.88. The Hall–Kier alpha value is -4.09. The van der Waals surface area contributed by atoms with E-state index in [4.69, 9.17) is 11.1 Å². The molecule has 2 amide bonds. The van der Waals surface area contributed by atoms with Crippen LogP contribution in [0.5, 0.6) is 0 Å². The zero-order chi connectivity index (χ0) is 31.4. The number of pyridine rings is 1. The van der Waals surface area contributed by atoms with Crippen molar-refractivity contribution < 1.29 is 18.0 Å². The van der Waals surface area contributed by atoms with Gasteiger partial charge in [0.05, 0.1) is 5.75 Å². The van der Waals surface area contributed by atoms with Crippen LogP contribution in [0.3, 0.4) is 0 Å². The smallest absolute Gasteiger partial charge is 0.242 e. The highest BCUT2D eigenvalue weighted by molar-refractivity contribution is 7.88. The van der Waals surface area contributed by atoms with Gasteiger partial charge in [-0.15, -0.1) is 0 Å². The minimum Gasteiger partial charge on any atom is -0.384 e. The van der Waals surface area contributed by atoms with Crippen molar-refractivity contribution in [3.63, 3.8) is 0 Å². The van der Waals surface area contributed by atoms with Crippen LogP contribution in [0, 0.1) is 11.3 Å². The number of aryl methyl sites for hydroxylation is 1. The molecule has 1 saturated carbocycles. The summed E-state index contributed by atoms with van der Waals surface area (Å²) in [5, 5.41) is 13.3. The topological polar surface area (TPSA) is 167 Å². The van der Waals surface area contributed by atoms with E-state index in [0.29, 0.717) is 30.4 Å². The SMILES string of the molecule is N=C(N)c1ccc(CNC(=O)C(CCc2ccncc2)NC(=O)C(CC2CCCCC2)NS(=O)(=O)Cc2ccccc2)cc1. The second-order valence-electron chi connectivity index (χ2n) is 11.4. The van der Waals surface area contributed by atoms with Crippen molar-refractivity contribution in [3.8, 4) is 0 Å². The van der Waals surface area contributed by atoms with Crippen LogP contribution >= 0.6 is 0 Å². The molecule has 0 bridgehead atoms. The number of amidine groups is 1. The number of rotatable bonds is 15. The third kappa shape index (κ3) is 10.6. The first kappa shape index (κ1) is 32.8. The number of aromatic nitrogens is 1. The monoisotopic (exact) mass is 618 g/mol. The summed E-state index contributed by atoms with van der Waals surface area (Å²) in [5.41, 5.74) is 8.53. The zero-order valence-electron chi connectivity index (χ0n) is 24.9. The van der Waals surface area contributed by atoms with Crippen LogP contribution < -0.4 is 21.1 Å². The number of carbonyl (C=O) groups excluding carboxylic acids is 2. The number of carbonyl (C=O) groups is 2. The average molecular weight is 619 g/mol. The molecule has 1 aliphatic rings. The number of hydrogen-bond donors (Lipinski definition) is 5. The standard InChI is InChI=1S/C33H42N6O4S/c34-31(35)28-14-11-26(12-15-28)22-37-32(40)29(16-13-24-17-19-36-20-18-24)38-33(41)30(21-25-7-3-1-4-8-25)39-44(42,43)23-27-9-5-2-6-10-27/h2,5-6,9-12,14-15,17-20,25,29-30,39H,1,3-4,7-8,13,16,21-23H2,(H3,34,35)(H,37,40)(H,38,41). The van der Waals surface area contributed by atoms with E-state index in [1.54, 1.807) is 60.9 Å². The Morgan fingerprint density at radius 3 is 2.20 bits per heavy atom. The summed E-state index contributed by atoms with van der Waals surface area (Å²) in [5.74, 6) is -0.932. The molecule has 0 saturated heterocycles. The molecule has 2 atom stereocenters. The summed E-state index contributed by atoms with van der Waals surface area (Å²) in [4.78, 5) is 31.3. The van der Waals surface area contributed by atoms with Crippen molar-refractivity contribution in [2.75, 3.05) is 0 Å². The van der Waals surface area contributed by atoms with E-state index < -0.39 is 28.0 Å². The van der Waals surface area contributed by atoms with Gasteiger partial charge in [-0.25, -0.2) is 13.1 Å². The predicted molar refractivity (Wildman–Crippen MR) is 171 cm³/mol. The maximum absolute atomic E-state index is 13.8. The maximum atomic E-state index is 13.8. The summed E-state index contributed by atoms with van der Waals surface area (Å²) >= 11 is 0. The lowest BCUT2D eigenvalue weighted by molar-refractivity contribution is -0.130.